The maximum atomic E-state index is 12.7. The van der Waals surface area contributed by atoms with Gasteiger partial charge in [0.15, 0.2) is 0 Å². The molecular weight excluding hydrogens is 343 g/mol. The first-order valence-corrected chi connectivity index (χ1v) is 7.50. The van der Waals surface area contributed by atoms with Gasteiger partial charge < -0.3 is 10.6 Å². The molecule has 0 aliphatic carbocycles. The van der Waals surface area contributed by atoms with Crippen LogP contribution in [-0.4, -0.2) is 17.4 Å². The molecule has 2 rings (SSSR count). The Hall–Kier alpha value is -2.12. The lowest BCUT2D eigenvalue weighted by atomic mass is 10.2. The van der Waals surface area contributed by atoms with E-state index in [0.29, 0.717) is 13.1 Å². The highest BCUT2D eigenvalue weighted by atomic mass is 35.5. The van der Waals surface area contributed by atoms with Crippen LogP contribution in [-0.2, 0) is 17.5 Å². The third-order valence-corrected chi connectivity index (χ3v) is 3.50. The molecule has 0 spiro atoms. The summed E-state index contributed by atoms with van der Waals surface area (Å²) in [6.45, 7) is 0.949. The Kier molecular flexibility index (Phi) is 6.16. The van der Waals surface area contributed by atoms with Crippen molar-refractivity contribution in [3.05, 3.63) is 58.9 Å². The number of pyridine rings is 1. The van der Waals surface area contributed by atoms with Crippen LogP contribution in [0.15, 0.2) is 42.7 Å². The fourth-order valence-electron chi connectivity index (χ4n) is 1.95. The summed E-state index contributed by atoms with van der Waals surface area (Å²) >= 11 is 5.83. The third-order valence-electron chi connectivity index (χ3n) is 3.18. The number of nitrogens with zero attached hydrogens (tertiary/aromatic N) is 1. The van der Waals surface area contributed by atoms with Crippen LogP contribution in [0.1, 0.15) is 17.5 Å². The van der Waals surface area contributed by atoms with E-state index >= 15 is 0 Å². The minimum Gasteiger partial charge on any atom is -0.325 e. The van der Waals surface area contributed by atoms with Crippen molar-refractivity contribution in [3.8, 4) is 0 Å². The summed E-state index contributed by atoms with van der Waals surface area (Å²) in [6.07, 6.45) is -1.05. The standard InChI is InChI=1S/C16H15ClF3N3O/c17-13-2-1-12(16(18,19)20)9-14(13)23-15(24)5-8-22-10-11-3-6-21-7-4-11/h1-4,6-7,9,22H,5,8,10H2,(H,23,24). The molecule has 1 aromatic carbocycles. The van der Waals surface area contributed by atoms with Crippen molar-refractivity contribution in [1.29, 1.82) is 0 Å². The lowest BCUT2D eigenvalue weighted by molar-refractivity contribution is -0.137. The number of rotatable bonds is 6. The topological polar surface area (TPSA) is 54.0 Å². The van der Waals surface area contributed by atoms with Crippen LogP contribution in [0.5, 0.6) is 0 Å². The molecule has 0 aliphatic rings. The minimum atomic E-state index is -4.49. The number of amides is 1. The Morgan fingerprint density at radius 2 is 1.88 bits per heavy atom. The summed E-state index contributed by atoms with van der Waals surface area (Å²) in [6, 6.07) is 6.49. The van der Waals surface area contributed by atoms with Crippen molar-refractivity contribution in [2.24, 2.45) is 0 Å². The van der Waals surface area contributed by atoms with E-state index < -0.39 is 17.6 Å². The van der Waals surface area contributed by atoms with Crippen molar-refractivity contribution in [3.63, 3.8) is 0 Å². The second-order valence-electron chi connectivity index (χ2n) is 5.02. The van der Waals surface area contributed by atoms with Gasteiger partial charge in [-0.3, -0.25) is 9.78 Å². The van der Waals surface area contributed by atoms with Crippen LogP contribution < -0.4 is 10.6 Å². The van der Waals surface area contributed by atoms with Crippen LogP contribution in [0.25, 0.3) is 0 Å². The number of aromatic nitrogens is 1. The fourth-order valence-corrected chi connectivity index (χ4v) is 2.11. The normalized spacial score (nSPS) is 11.3. The summed E-state index contributed by atoms with van der Waals surface area (Å²) in [7, 11) is 0. The third kappa shape index (κ3) is 5.50. The molecule has 0 saturated carbocycles. The van der Waals surface area contributed by atoms with Gasteiger partial charge >= 0.3 is 6.18 Å². The molecule has 0 unspecified atom stereocenters. The first-order chi connectivity index (χ1) is 11.4. The molecule has 1 aromatic heterocycles. The minimum absolute atomic E-state index is 0.0503. The molecule has 2 aromatic rings. The van der Waals surface area contributed by atoms with Gasteiger partial charge in [-0.2, -0.15) is 13.2 Å². The van der Waals surface area contributed by atoms with E-state index in [9.17, 15) is 18.0 Å². The van der Waals surface area contributed by atoms with Gasteiger partial charge in [0.05, 0.1) is 16.3 Å². The molecule has 0 atom stereocenters. The zero-order valence-electron chi connectivity index (χ0n) is 12.5. The average Bonchev–Trinajstić information content (AvgIpc) is 2.53. The summed E-state index contributed by atoms with van der Waals surface area (Å²) in [5.74, 6) is -0.418. The van der Waals surface area contributed by atoms with Crippen LogP contribution in [0, 0.1) is 0 Å². The Morgan fingerprint density at radius 1 is 1.17 bits per heavy atom. The van der Waals surface area contributed by atoms with Gasteiger partial charge in [0, 0.05) is 31.9 Å². The van der Waals surface area contributed by atoms with E-state index in [1.54, 1.807) is 12.4 Å². The van der Waals surface area contributed by atoms with Crippen molar-refractivity contribution >= 4 is 23.2 Å². The van der Waals surface area contributed by atoms with E-state index in [1.165, 1.54) is 0 Å². The fraction of sp³-hybridized carbons (Fsp3) is 0.250. The number of nitrogens with one attached hydrogen (secondary N) is 2. The van der Waals surface area contributed by atoms with Crippen LogP contribution in [0.3, 0.4) is 0 Å². The first kappa shape index (κ1) is 18.2. The van der Waals surface area contributed by atoms with Crippen LogP contribution in [0.2, 0.25) is 5.02 Å². The molecule has 8 heteroatoms. The van der Waals surface area contributed by atoms with Crippen molar-refractivity contribution < 1.29 is 18.0 Å². The molecule has 0 radical (unpaired) electrons. The number of hydrogen-bond donors (Lipinski definition) is 2. The predicted octanol–water partition coefficient (Wildman–Crippen LogP) is 3.87. The van der Waals surface area contributed by atoms with Gasteiger partial charge in [0.1, 0.15) is 0 Å². The molecule has 0 fully saturated rings. The lowest BCUT2D eigenvalue weighted by Gasteiger charge is -2.12. The summed E-state index contributed by atoms with van der Waals surface area (Å²) < 4.78 is 38.0. The number of benzene rings is 1. The van der Waals surface area contributed by atoms with E-state index in [2.05, 4.69) is 15.6 Å². The summed E-state index contributed by atoms with van der Waals surface area (Å²) in [5.41, 5.74) is 0.106. The number of halogens is 4. The van der Waals surface area contributed by atoms with Gasteiger partial charge in [-0.05, 0) is 35.9 Å². The first-order valence-electron chi connectivity index (χ1n) is 7.12. The van der Waals surface area contributed by atoms with Crippen LogP contribution in [0.4, 0.5) is 18.9 Å². The molecule has 1 heterocycles. The number of alkyl halides is 3. The number of anilines is 1. The molecule has 128 valence electrons. The second kappa shape index (κ2) is 8.12. The monoisotopic (exact) mass is 357 g/mol. The molecule has 24 heavy (non-hydrogen) atoms. The van der Waals surface area contributed by atoms with E-state index in [4.69, 9.17) is 11.6 Å². The lowest BCUT2D eigenvalue weighted by Crippen LogP contribution is -2.21. The van der Waals surface area contributed by atoms with Gasteiger partial charge in [0.25, 0.3) is 0 Å². The quantitative estimate of drug-likeness (QED) is 0.772. The number of carbonyl (C=O) groups excluding carboxylic acids is 1. The summed E-state index contributed by atoms with van der Waals surface area (Å²) in [5, 5.41) is 5.52. The van der Waals surface area contributed by atoms with Crippen molar-refractivity contribution in [2.45, 2.75) is 19.1 Å². The highest BCUT2D eigenvalue weighted by Gasteiger charge is 2.31. The molecule has 0 saturated heterocycles. The SMILES string of the molecule is O=C(CCNCc1ccncc1)Nc1cc(C(F)(F)F)ccc1Cl. The second-order valence-corrected chi connectivity index (χ2v) is 5.43. The molecule has 2 N–H and O–H groups in total. The average molecular weight is 358 g/mol. The predicted molar refractivity (Wildman–Crippen MR) is 85.6 cm³/mol. The largest absolute Gasteiger partial charge is 0.416 e. The molecule has 4 nitrogen and oxygen atoms in total. The smallest absolute Gasteiger partial charge is 0.325 e. The zero-order valence-corrected chi connectivity index (χ0v) is 13.3. The molecule has 0 aliphatic heterocycles. The number of hydrogen-bond acceptors (Lipinski definition) is 3. The van der Waals surface area contributed by atoms with Crippen molar-refractivity contribution in [1.82, 2.24) is 10.3 Å². The highest BCUT2D eigenvalue weighted by Crippen LogP contribution is 2.33. The number of carbonyl (C=O) groups is 1. The zero-order chi connectivity index (χ0) is 17.6. The Balaban J connectivity index is 1.84. The Bertz CT molecular complexity index is 693. The molecular formula is C16H15ClF3N3O. The summed E-state index contributed by atoms with van der Waals surface area (Å²) in [4.78, 5) is 15.7. The maximum absolute atomic E-state index is 12.7. The molecule has 0 bridgehead atoms. The van der Waals surface area contributed by atoms with E-state index in [0.717, 1.165) is 23.8 Å². The highest BCUT2D eigenvalue weighted by molar-refractivity contribution is 6.33. The van der Waals surface area contributed by atoms with Crippen molar-refractivity contribution in [2.75, 3.05) is 11.9 Å². The van der Waals surface area contributed by atoms with Gasteiger partial charge in [-0.1, -0.05) is 11.6 Å². The van der Waals surface area contributed by atoms with Gasteiger partial charge in [-0.25, -0.2) is 0 Å². The Morgan fingerprint density at radius 3 is 2.54 bits per heavy atom. The van der Waals surface area contributed by atoms with E-state index in [-0.39, 0.29) is 17.1 Å². The van der Waals surface area contributed by atoms with Gasteiger partial charge in [-0.15, -0.1) is 0 Å². The molecule has 1 amide bonds. The Labute approximate surface area is 142 Å². The van der Waals surface area contributed by atoms with Crippen LogP contribution >= 0.6 is 11.6 Å². The van der Waals surface area contributed by atoms with E-state index in [1.807, 2.05) is 12.1 Å². The maximum Gasteiger partial charge on any atom is 0.416 e. The van der Waals surface area contributed by atoms with Gasteiger partial charge in [0.2, 0.25) is 5.91 Å².